The van der Waals surface area contributed by atoms with Crippen LogP contribution in [0.4, 0.5) is 5.82 Å². The lowest BCUT2D eigenvalue weighted by molar-refractivity contribution is 1.07. The van der Waals surface area contributed by atoms with Crippen LogP contribution < -0.4 is 5.32 Å². The quantitative estimate of drug-likeness (QED) is 0.899. The number of halogens is 1. The van der Waals surface area contributed by atoms with Crippen molar-refractivity contribution in [2.75, 3.05) is 11.9 Å². The van der Waals surface area contributed by atoms with Gasteiger partial charge in [-0.05, 0) is 35.0 Å². The predicted molar refractivity (Wildman–Crippen MR) is 63.8 cm³/mol. The van der Waals surface area contributed by atoms with Crippen molar-refractivity contribution in [2.45, 2.75) is 6.92 Å². The van der Waals surface area contributed by atoms with Crippen molar-refractivity contribution in [2.24, 2.45) is 0 Å². The molecule has 2 N–H and O–H groups in total. The van der Waals surface area contributed by atoms with Crippen LogP contribution in [0.15, 0.2) is 22.0 Å². The largest absolute Gasteiger partial charge is 0.369 e. The summed E-state index contributed by atoms with van der Waals surface area (Å²) < 4.78 is 1.13. The fraction of sp³-hybridized carbons (Fsp3) is 0.222. The van der Waals surface area contributed by atoms with Gasteiger partial charge in [0.15, 0.2) is 0 Å². The van der Waals surface area contributed by atoms with Crippen molar-refractivity contribution in [3.8, 4) is 10.6 Å². The van der Waals surface area contributed by atoms with Crippen molar-refractivity contribution >= 4 is 33.1 Å². The monoisotopic (exact) mass is 271 g/mol. The molecule has 0 atom stereocenters. The average Bonchev–Trinajstić information content (AvgIpc) is 2.74. The summed E-state index contributed by atoms with van der Waals surface area (Å²) >= 11 is 5.13. The van der Waals surface area contributed by atoms with Crippen LogP contribution in [0.2, 0.25) is 0 Å². The molecule has 2 aromatic rings. The Kier molecular flexibility index (Phi) is 2.88. The van der Waals surface area contributed by atoms with Gasteiger partial charge in [-0.3, -0.25) is 5.10 Å². The maximum atomic E-state index is 4.15. The molecule has 0 aromatic carbocycles. The van der Waals surface area contributed by atoms with Gasteiger partial charge in [0, 0.05) is 12.6 Å². The van der Waals surface area contributed by atoms with Gasteiger partial charge in [-0.2, -0.15) is 5.10 Å². The molecule has 2 heterocycles. The topological polar surface area (TPSA) is 40.7 Å². The molecule has 0 aliphatic rings. The molecule has 0 spiro atoms. The summed E-state index contributed by atoms with van der Waals surface area (Å²) in [7, 11) is 0. The Labute approximate surface area is 94.7 Å². The Hall–Kier alpha value is -0.810. The van der Waals surface area contributed by atoms with Gasteiger partial charge in [-0.1, -0.05) is 0 Å². The highest BCUT2D eigenvalue weighted by Crippen LogP contribution is 2.30. The van der Waals surface area contributed by atoms with E-state index in [1.54, 1.807) is 11.3 Å². The first-order valence-electron chi connectivity index (χ1n) is 4.34. The first-order chi connectivity index (χ1) is 6.79. The smallest absolute Gasteiger partial charge is 0.148 e. The van der Waals surface area contributed by atoms with Gasteiger partial charge in [0.2, 0.25) is 0 Å². The van der Waals surface area contributed by atoms with E-state index in [1.807, 2.05) is 12.1 Å². The van der Waals surface area contributed by atoms with Crippen LogP contribution in [0.3, 0.4) is 0 Å². The van der Waals surface area contributed by atoms with E-state index in [9.17, 15) is 0 Å². The number of H-pyrrole nitrogens is 1. The molecule has 3 nitrogen and oxygen atoms in total. The third-order valence-electron chi connectivity index (χ3n) is 1.77. The summed E-state index contributed by atoms with van der Waals surface area (Å²) in [6.45, 7) is 2.94. The number of thiophene rings is 1. The highest BCUT2D eigenvalue weighted by molar-refractivity contribution is 9.11. The summed E-state index contributed by atoms with van der Waals surface area (Å²) in [5, 5.41) is 10.3. The molecule has 0 aliphatic carbocycles. The minimum absolute atomic E-state index is 0.887. The second-order valence-electron chi connectivity index (χ2n) is 2.80. The molecule has 5 heteroatoms. The van der Waals surface area contributed by atoms with Crippen molar-refractivity contribution < 1.29 is 0 Å². The maximum absolute atomic E-state index is 4.15. The summed E-state index contributed by atoms with van der Waals surface area (Å²) in [5.74, 6) is 0.895. The van der Waals surface area contributed by atoms with E-state index in [1.165, 1.54) is 4.88 Å². The number of nitrogens with zero attached hydrogens (tertiary/aromatic N) is 1. The van der Waals surface area contributed by atoms with Crippen molar-refractivity contribution in [3.05, 3.63) is 22.0 Å². The third kappa shape index (κ3) is 1.99. The van der Waals surface area contributed by atoms with Gasteiger partial charge in [-0.25, -0.2) is 0 Å². The maximum Gasteiger partial charge on any atom is 0.148 e. The summed E-state index contributed by atoms with van der Waals surface area (Å²) in [6, 6.07) is 6.12. The Balaban J connectivity index is 2.24. The zero-order valence-corrected chi connectivity index (χ0v) is 10.1. The molecule has 0 saturated heterocycles. The fourth-order valence-corrected chi connectivity index (χ4v) is 2.53. The van der Waals surface area contributed by atoms with E-state index in [0.29, 0.717) is 0 Å². The number of hydrogen-bond donors (Lipinski definition) is 2. The highest BCUT2D eigenvalue weighted by atomic mass is 79.9. The van der Waals surface area contributed by atoms with Crippen LogP contribution in [-0.2, 0) is 0 Å². The van der Waals surface area contributed by atoms with Gasteiger partial charge >= 0.3 is 0 Å². The Bertz CT molecular complexity index is 421. The number of anilines is 1. The number of rotatable bonds is 3. The standard InChI is InChI=1S/C9H10BrN3S/c1-2-11-9-5-6(12-13-9)7-3-4-8(10)14-7/h3-5H,2H2,1H3,(H2,11,12,13). The zero-order valence-electron chi connectivity index (χ0n) is 7.67. The normalized spacial score (nSPS) is 10.4. The van der Waals surface area contributed by atoms with E-state index in [-0.39, 0.29) is 0 Å². The fourth-order valence-electron chi connectivity index (χ4n) is 1.18. The lowest BCUT2D eigenvalue weighted by Crippen LogP contribution is -1.95. The van der Waals surface area contributed by atoms with Gasteiger partial charge in [0.1, 0.15) is 5.82 Å². The van der Waals surface area contributed by atoms with E-state index in [0.717, 1.165) is 21.8 Å². The number of hydrogen-bond acceptors (Lipinski definition) is 3. The molecule has 0 fully saturated rings. The van der Waals surface area contributed by atoms with Crippen molar-refractivity contribution in [1.29, 1.82) is 0 Å². The first kappa shape index (κ1) is 9.73. The molecule has 74 valence electrons. The van der Waals surface area contributed by atoms with Crippen LogP contribution in [0.25, 0.3) is 10.6 Å². The molecule has 14 heavy (non-hydrogen) atoms. The minimum Gasteiger partial charge on any atom is -0.369 e. The summed E-state index contributed by atoms with van der Waals surface area (Å²) in [6.07, 6.45) is 0. The first-order valence-corrected chi connectivity index (χ1v) is 5.95. The molecule has 2 aromatic heterocycles. The molecule has 0 unspecified atom stereocenters. The molecular weight excluding hydrogens is 262 g/mol. The van der Waals surface area contributed by atoms with E-state index < -0.39 is 0 Å². The lowest BCUT2D eigenvalue weighted by Gasteiger charge is -1.92. The molecule has 0 radical (unpaired) electrons. The van der Waals surface area contributed by atoms with Gasteiger partial charge in [0.25, 0.3) is 0 Å². The molecule has 0 amide bonds. The Morgan fingerprint density at radius 2 is 2.43 bits per heavy atom. The van der Waals surface area contributed by atoms with Gasteiger partial charge in [-0.15, -0.1) is 11.3 Å². The Morgan fingerprint density at radius 1 is 1.57 bits per heavy atom. The Morgan fingerprint density at radius 3 is 3.07 bits per heavy atom. The van der Waals surface area contributed by atoms with Crippen LogP contribution >= 0.6 is 27.3 Å². The number of nitrogens with one attached hydrogen (secondary N) is 2. The van der Waals surface area contributed by atoms with Crippen LogP contribution in [0.5, 0.6) is 0 Å². The number of aromatic nitrogens is 2. The number of aromatic amines is 1. The summed E-state index contributed by atoms with van der Waals surface area (Å²) in [5.41, 5.74) is 1.05. The molecule has 0 saturated carbocycles. The van der Waals surface area contributed by atoms with Crippen molar-refractivity contribution in [1.82, 2.24) is 10.2 Å². The molecule has 0 bridgehead atoms. The van der Waals surface area contributed by atoms with E-state index in [4.69, 9.17) is 0 Å². The average molecular weight is 272 g/mol. The SMILES string of the molecule is CCNc1cc(-c2ccc(Br)s2)[nH]n1. The van der Waals surface area contributed by atoms with Gasteiger partial charge < -0.3 is 5.32 Å². The van der Waals surface area contributed by atoms with Crippen LogP contribution in [0, 0.1) is 0 Å². The minimum atomic E-state index is 0.887. The highest BCUT2D eigenvalue weighted by Gasteiger charge is 2.04. The molecule has 0 aliphatic heterocycles. The predicted octanol–water partition coefficient (Wildman–Crippen LogP) is 3.33. The second-order valence-corrected chi connectivity index (χ2v) is 5.26. The van der Waals surface area contributed by atoms with Crippen molar-refractivity contribution in [3.63, 3.8) is 0 Å². The van der Waals surface area contributed by atoms with Crippen LogP contribution in [0.1, 0.15) is 6.92 Å². The van der Waals surface area contributed by atoms with E-state index >= 15 is 0 Å². The molecule has 2 rings (SSSR count). The van der Waals surface area contributed by atoms with Gasteiger partial charge in [0.05, 0.1) is 14.4 Å². The van der Waals surface area contributed by atoms with E-state index in [2.05, 4.69) is 44.4 Å². The second kappa shape index (κ2) is 4.14. The zero-order chi connectivity index (χ0) is 9.97. The lowest BCUT2D eigenvalue weighted by atomic mass is 10.3. The molecular formula is C9H10BrN3S. The third-order valence-corrected chi connectivity index (χ3v) is 3.43. The summed E-state index contributed by atoms with van der Waals surface area (Å²) in [4.78, 5) is 1.19. The van der Waals surface area contributed by atoms with Crippen LogP contribution in [-0.4, -0.2) is 16.7 Å².